The van der Waals surface area contributed by atoms with Gasteiger partial charge in [-0.2, -0.15) is 0 Å². The van der Waals surface area contributed by atoms with Crippen molar-refractivity contribution < 1.29 is 15.0 Å². The molecule has 4 heteroatoms. The molecule has 0 spiro atoms. The van der Waals surface area contributed by atoms with Gasteiger partial charge in [0.1, 0.15) is 0 Å². The fraction of sp³-hybridized carbons (Fsp3) is 0.562. The van der Waals surface area contributed by atoms with Gasteiger partial charge in [-0.25, -0.2) is 0 Å². The first-order valence-electron chi connectivity index (χ1n) is 7.27. The van der Waals surface area contributed by atoms with E-state index >= 15 is 0 Å². The Morgan fingerprint density at radius 2 is 2.00 bits per heavy atom. The SMILES string of the molecule is O=C(O)CCC(O)c1ccc(C2CCCCC2)c(Br)c1. The Labute approximate surface area is 128 Å². The Bertz CT molecular complexity index is 467. The van der Waals surface area contributed by atoms with Crippen LogP contribution in [0.4, 0.5) is 0 Å². The summed E-state index contributed by atoms with van der Waals surface area (Å²) in [4.78, 5) is 10.5. The van der Waals surface area contributed by atoms with Crippen LogP contribution < -0.4 is 0 Å². The molecule has 0 bridgehead atoms. The number of aliphatic carboxylic acids is 1. The molecule has 1 atom stereocenters. The van der Waals surface area contributed by atoms with Crippen LogP contribution in [0.15, 0.2) is 22.7 Å². The van der Waals surface area contributed by atoms with Crippen LogP contribution in [0.2, 0.25) is 0 Å². The molecule has 2 rings (SSSR count). The van der Waals surface area contributed by atoms with Crippen molar-refractivity contribution in [3.05, 3.63) is 33.8 Å². The highest BCUT2D eigenvalue weighted by molar-refractivity contribution is 9.10. The topological polar surface area (TPSA) is 57.5 Å². The molecule has 110 valence electrons. The lowest BCUT2D eigenvalue weighted by molar-refractivity contribution is -0.137. The van der Waals surface area contributed by atoms with Crippen LogP contribution in [0.3, 0.4) is 0 Å². The quantitative estimate of drug-likeness (QED) is 0.835. The van der Waals surface area contributed by atoms with Gasteiger partial charge in [0.25, 0.3) is 0 Å². The summed E-state index contributed by atoms with van der Waals surface area (Å²) in [5.74, 6) is -0.259. The van der Waals surface area contributed by atoms with Crippen molar-refractivity contribution in [1.29, 1.82) is 0 Å². The summed E-state index contributed by atoms with van der Waals surface area (Å²) < 4.78 is 1.04. The number of halogens is 1. The minimum absolute atomic E-state index is 0.0108. The highest BCUT2D eigenvalue weighted by Crippen LogP contribution is 2.37. The van der Waals surface area contributed by atoms with Gasteiger partial charge >= 0.3 is 5.97 Å². The van der Waals surface area contributed by atoms with Gasteiger partial charge in [0.15, 0.2) is 0 Å². The summed E-state index contributed by atoms with van der Waals surface area (Å²) in [6.45, 7) is 0. The number of carboxylic acid groups (broad SMARTS) is 1. The van der Waals surface area contributed by atoms with E-state index in [9.17, 15) is 9.90 Å². The van der Waals surface area contributed by atoms with Gasteiger partial charge in [-0.3, -0.25) is 4.79 Å². The van der Waals surface area contributed by atoms with Crippen LogP contribution in [0, 0.1) is 0 Å². The number of rotatable bonds is 5. The molecule has 0 aliphatic heterocycles. The second-order valence-electron chi connectivity index (χ2n) is 5.56. The number of aliphatic hydroxyl groups excluding tert-OH is 1. The van der Waals surface area contributed by atoms with E-state index in [0.717, 1.165) is 10.0 Å². The largest absolute Gasteiger partial charge is 0.481 e. The van der Waals surface area contributed by atoms with Crippen molar-refractivity contribution in [2.75, 3.05) is 0 Å². The zero-order chi connectivity index (χ0) is 14.5. The smallest absolute Gasteiger partial charge is 0.303 e. The molecule has 3 nitrogen and oxygen atoms in total. The summed E-state index contributed by atoms with van der Waals surface area (Å²) in [6, 6.07) is 5.96. The third kappa shape index (κ3) is 4.06. The number of benzene rings is 1. The normalized spacial score (nSPS) is 17.9. The van der Waals surface area contributed by atoms with Gasteiger partial charge in [-0.15, -0.1) is 0 Å². The highest BCUT2D eigenvalue weighted by Gasteiger charge is 2.19. The Morgan fingerprint density at radius 3 is 2.60 bits per heavy atom. The summed E-state index contributed by atoms with van der Waals surface area (Å²) >= 11 is 3.60. The molecule has 0 radical (unpaired) electrons. The molecule has 1 aromatic carbocycles. The van der Waals surface area contributed by atoms with Crippen LogP contribution in [0.25, 0.3) is 0 Å². The van der Waals surface area contributed by atoms with Gasteiger partial charge in [0.05, 0.1) is 6.10 Å². The molecule has 1 fully saturated rings. The third-order valence-electron chi connectivity index (χ3n) is 4.09. The number of carboxylic acids is 1. The molecule has 0 amide bonds. The van der Waals surface area contributed by atoms with Crippen molar-refractivity contribution in [3.8, 4) is 0 Å². The van der Waals surface area contributed by atoms with Crippen LogP contribution in [-0.2, 0) is 4.79 Å². The Hall–Kier alpha value is -0.870. The summed E-state index contributed by atoms with van der Waals surface area (Å²) in [6.07, 6.45) is 5.93. The fourth-order valence-electron chi connectivity index (χ4n) is 2.92. The van der Waals surface area contributed by atoms with E-state index in [4.69, 9.17) is 5.11 Å². The van der Waals surface area contributed by atoms with Crippen LogP contribution in [0.5, 0.6) is 0 Å². The fourth-order valence-corrected chi connectivity index (χ4v) is 3.64. The van der Waals surface area contributed by atoms with E-state index in [1.54, 1.807) is 0 Å². The van der Waals surface area contributed by atoms with Gasteiger partial charge in [0, 0.05) is 10.9 Å². The van der Waals surface area contributed by atoms with Crippen LogP contribution in [0.1, 0.15) is 68.1 Å². The average Bonchev–Trinajstić information content (AvgIpc) is 2.45. The van der Waals surface area contributed by atoms with Crippen molar-refractivity contribution in [2.45, 2.75) is 57.0 Å². The molecule has 0 saturated heterocycles. The number of aliphatic hydroxyl groups is 1. The maximum absolute atomic E-state index is 10.5. The van der Waals surface area contributed by atoms with E-state index in [-0.39, 0.29) is 12.8 Å². The lowest BCUT2D eigenvalue weighted by atomic mass is 9.83. The predicted octanol–water partition coefficient (Wildman–Crippen LogP) is 4.40. The van der Waals surface area contributed by atoms with E-state index in [1.807, 2.05) is 12.1 Å². The molecule has 20 heavy (non-hydrogen) atoms. The summed E-state index contributed by atoms with van der Waals surface area (Å²) in [5, 5.41) is 18.7. The summed E-state index contributed by atoms with van der Waals surface area (Å²) in [5.41, 5.74) is 2.11. The standard InChI is InChI=1S/C16H21BrO3/c17-14-10-12(15(18)8-9-16(19)20)6-7-13(14)11-4-2-1-3-5-11/h6-7,10-11,15,18H,1-5,8-9H2,(H,19,20). The monoisotopic (exact) mass is 340 g/mol. The van der Waals surface area contributed by atoms with Gasteiger partial charge < -0.3 is 10.2 Å². The molecule has 2 N–H and O–H groups in total. The van der Waals surface area contributed by atoms with Crippen LogP contribution in [-0.4, -0.2) is 16.2 Å². The van der Waals surface area contributed by atoms with E-state index in [1.165, 1.54) is 37.7 Å². The highest BCUT2D eigenvalue weighted by atomic mass is 79.9. The molecule has 1 aliphatic carbocycles. The third-order valence-corrected chi connectivity index (χ3v) is 4.77. The first kappa shape index (κ1) is 15.5. The van der Waals surface area contributed by atoms with Gasteiger partial charge in [0.2, 0.25) is 0 Å². The van der Waals surface area contributed by atoms with Crippen molar-refractivity contribution in [3.63, 3.8) is 0 Å². The first-order valence-corrected chi connectivity index (χ1v) is 8.06. The maximum Gasteiger partial charge on any atom is 0.303 e. The number of hydrogen-bond donors (Lipinski definition) is 2. The number of carbonyl (C=O) groups is 1. The zero-order valence-corrected chi connectivity index (χ0v) is 13.1. The molecule has 0 heterocycles. The predicted molar refractivity (Wildman–Crippen MR) is 81.8 cm³/mol. The van der Waals surface area contributed by atoms with Crippen molar-refractivity contribution in [2.24, 2.45) is 0 Å². The average molecular weight is 341 g/mol. The minimum Gasteiger partial charge on any atom is -0.481 e. The first-order chi connectivity index (χ1) is 9.58. The second kappa shape index (κ2) is 7.23. The van der Waals surface area contributed by atoms with Crippen molar-refractivity contribution in [1.82, 2.24) is 0 Å². The van der Waals surface area contributed by atoms with Crippen molar-refractivity contribution >= 4 is 21.9 Å². The lowest BCUT2D eigenvalue weighted by Gasteiger charge is -2.23. The maximum atomic E-state index is 10.5. The second-order valence-corrected chi connectivity index (χ2v) is 6.42. The lowest BCUT2D eigenvalue weighted by Crippen LogP contribution is -2.07. The molecule has 0 aromatic heterocycles. The van der Waals surface area contributed by atoms with Gasteiger partial charge in [-0.1, -0.05) is 47.3 Å². The minimum atomic E-state index is -0.873. The molecule has 1 saturated carbocycles. The molecule has 1 aliphatic rings. The number of hydrogen-bond acceptors (Lipinski definition) is 2. The van der Waals surface area contributed by atoms with Crippen LogP contribution >= 0.6 is 15.9 Å². The van der Waals surface area contributed by atoms with Gasteiger partial charge in [-0.05, 0) is 42.4 Å². The van der Waals surface area contributed by atoms with E-state index < -0.39 is 12.1 Å². The molecule has 1 unspecified atom stereocenters. The summed E-state index contributed by atoms with van der Waals surface area (Å²) in [7, 11) is 0. The van der Waals surface area contributed by atoms with E-state index in [2.05, 4.69) is 22.0 Å². The Balaban J connectivity index is 2.06. The van der Waals surface area contributed by atoms with E-state index in [0.29, 0.717) is 5.92 Å². The zero-order valence-electron chi connectivity index (χ0n) is 11.5. The Kier molecular flexibility index (Phi) is 5.61. The molecular weight excluding hydrogens is 320 g/mol. The molecular formula is C16H21BrO3. The molecule has 1 aromatic rings. The Morgan fingerprint density at radius 1 is 1.30 bits per heavy atom.